The van der Waals surface area contributed by atoms with Gasteiger partial charge in [0.2, 0.25) is 0 Å². The largest absolute Gasteiger partial charge is 0.490 e. The number of aryl methyl sites for hydroxylation is 1. The van der Waals surface area contributed by atoms with Crippen LogP contribution in [0.5, 0.6) is 11.5 Å². The summed E-state index contributed by atoms with van der Waals surface area (Å²) in [6.07, 6.45) is 1.36. The quantitative estimate of drug-likeness (QED) is 0.199. The number of carbonyl (C=O) groups is 3. The zero-order valence-corrected chi connectivity index (χ0v) is 19.8. The fraction of sp³-hybridized carbons (Fsp3) is 0.333. The van der Waals surface area contributed by atoms with Crippen molar-refractivity contribution in [1.82, 2.24) is 10.7 Å². The minimum Gasteiger partial charge on any atom is -0.490 e. The van der Waals surface area contributed by atoms with Gasteiger partial charge in [-0.1, -0.05) is 12.1 Å². The van der Waals surface area contributed by atoms with E-state index in [0.717, 1.165) is 16.8 Å². The summed E-state index contributed by atoms with van der Waals surface area (Å²) >= 11 is 0. The Hall–Kier alpha value is -3.92. The SMILES string of the molecule is CCOc1cc(/C=N\NC(=O)C(=O)NCCOC)ccc1OCC(=O)Nc1cccc(C)c1C. The third-order valence-corrected chi connectivity index (χ3v) is 4.68. The highest BCUT2D eigenvalue weighted by Crippen LogP contribution is 2.28. The number of rotatable bonds is 11. The van der Waals surface area contributed by atoms with Crippen molar-refractivity contribution < 1.29 is 28.6 Å². The molecule has 0 aliphatic carbocycles. The van der Waals surface area contributed by atoms with Gasteiger partial charge in [-0.25, -0.2) is 5.43 Å². The van der Waals surface area contributed by atoms with Crippen molar-refractivity contribution in [2.45, 2.75) is 20.8 Å². The van der Waals surface area contributed by atoms with Gasteiger partial charge in [0.15, 0.2) is 18.1 Å². The van der Waals surface area contributed by atoms with Gasteiger partial charge >= 0.3 is 11.8 Å². The molecule has 2 aromatic carbocycles. The summed E-state index contributed by atoms with van der Waals surface area (Å²) in [5.74, 6) is -1.21. The molecule has 0 aromatic heterocycles. The molecule has 0 aliphatic rings. The topological polar surface area (TPSA) is 127 Å². The summed E-state index contributed by atoms with van der Waals surface area (Å²) in [7, 11) is 1.49. The van der Waals surface area contributed by atoms with E-state index in [-0.39, 0.29) is 19.1 Å². The molecule has 34 heavy (non-hydrogen) atoms. The number of ether oxygens (including phenoxy) is 3. The van der Waals surface area contributed by atoms with Crippen molar-refractivity contribution in [2.75, 3.05) is 38.8 Å². The lowest BCUT2D eigenvalue weighted by Crippen LogP contribution is -2.39. The Morgan fingerprint density at radius 1 is 1.03 bits per heavy atom. The number of methoxy groups -OCH3 is 1. The maximum Gasteiger partial charge on any atom is 0.329 e. The van der Waals surface area contributed by atoms with E-state index in [4.69, 9.17) is 14.2 Å². The maximum absolute atomic E-state index is 12.4. The second kappa shape index (κ2) is 13.6. The molecule has 0 heterocycles. The van der Waals surface area contributed by atoms with Crippen molar-refractivity contribution in [2.24, 2.45) is 5.10 Å². The minimum absolute atomic E-state index is 0.199. The van der Waals surface area contributed by atoms with Gasteiger partial charge in [0.25, 0.3) is 5.91 Å². The van der Waals surface area contributed by atoms with Crippen LogP contribution >= 0.6 is 0 Å². The molecule has 0 saturated carbocycles. The summed E-state index contributed by atoms with van der Waals surface area (Å²) in [4.78, 5) is 35.7. The summed E-state index contributed by atoms with van der Waals surface area (Å²) in [5.41, 5.74) is 5.55. The monoisotopic (exact) mass is 470 g/mol. The highest BCUT2D eigenvalue weighted by molar-refractivity contribution is 6.35. The van der Waals surface area contributed by atoms with E-state index in [1.54, 1.807) is 18.2 Å². The van der Waals surface area contributed by atoms with E-state index >= 15 is 0 Å². The molecule has 0 atom stereocenters. The summed E-state index contributed by atoms with van der Waals surface area (Å²) in [5, 5.41) is 9.01. The van der Waals surface area contributed by atoms with Crippen LogP contribution in [0.15, 0.2) is 41.5 Å². The van der Waals surface area contributed by atoms with Crippen LogP contribution in [0, 0.1) is 13.8 Å². The van der Waals surface area contributed by atoms with E-state index in [9.17, 15) is 14.4 Å². The third-order valence-electron chi connectivity index (χ3n) is 4.68. The molecule has 2 rings (SSSR count). The zero-order chi connectivity index (χ0) is 24.9. The Bertz CT molecular complexity index is 1040. The molecule has 0 spiro atoms. The van der Waals surface area contributed by atoms with Crippen LogP contribution in [-0.2, 0) is 19.1 Å². The third kappa shape index (κ3) is 8.21. The normalized spacial score (nSPS) is 10.6. The number of anilines is 1. The van der Waals surface area contributed by atoms with Gasteiger partial charge in [-0.2, -0.15) is 5.10 Å². The van der Waals surface area contributed by atoms with Crippen molar-refractivity contribution in [3.05, 3.63) is 53.1 Å². The highest BCUT2D eigenvalue weighted by atomic mass is 16.5. The average molecular weight is 471 g/mol. The van der Waals surface area contributed by atoms with Crippen LogP contribution in [0.2, 0.25) is 0 Å². The molecule has 0 aliphatic heterocycles. The van der Waals surface area contributed by atoms with Gasteiger partial charge in [0.1, 0.15) is 0 Å². The standard InChI is InChI=1S/C24H30N4O6/c1-5-33-21-13-18(14-26-28-24(31)23(30)25-11-12-32-4)9-10-20(21)34-15-22(29)27-19-8-6-7-16(2)17(19)3/h6-10,13-14H,5,11-12,15H2,1-4H3,(H,25,30)(H,27,29)(H,28,31)/b26-14-. The van der Waals surface area contributed by atoms with E-state index < -0.39 is 11.8 Å². The van der Waals surface area contributed by atoms with E-state index in [1.165, 1.54) is 13.3 Å². The van der Waals surface area contributed by atoms with Crippen molar-refractivity contribution in [1.29, 1.82) is 0 Å². The molecule has 182 valence electrons. The smallest absolute Gasteiger partial charge is 0.329 e. The van der Waals surface area contributed by atoms with Crippen LogP contribution in [-0.4, -0.2) is 57.4 Å². The second-order valence-corrected chi connectivity index (χ2v) is 7.17. The summed E-state index contributed by atoms with van der Waals surface area (Å²) in [6, 6.07) is 10.6. The first-order valence-electron chi connectivity index (χ1n) is 10.7. The first kappa shape index (κ1) is 26.3. The molecule has 0 fully saturated rings. The van der Waals surface area contributed by atoms with Crippen LogP contribution in [0.1, 0.15) is 23.6 Å². The molecule has 10 nitrogen and oxygen atoms in total. The van der Waals surface area contributed by atoms with E-state index in [1.807, 2.05) is 39.0 Å². The predicted octanol–water partition coefficient (Wildman–Crippen LogP) is 1.93. The number of amides is 3. The van der Waals surface area contributed by atoms with Gasteiger partial charge in [-0.15, -0.1) is 0 Å². The number of carbonyl (C=O) groups excluding carboxylic acids is 3. The highest BCUT2D eigenvalue weighted by Gasteiger charge is 2.12. The Kier molecular flexibility index (Phi) is 10.5. The first-order chi connectivity index (χ1) is 16.3. The Labute approximate surface area is 198 Å². The number of nitrogens with zero attached hydrogens (tertiary/aromatic N) is 1. The van der Waals surface area contributed by atoms with Crippen LogP contribution in [0.3, 0.4) is 0 Å². The van der Waals surface area contributed by atoms with Gasteiger partial charge in [-0.05, 0) is 61.7 Å². The van der Waals surface area contributed by atoms with Crippen LogP contribution < -0.4 is 25.5 Å². The lowest BCUT2D eigenvalue weighted by Gasteiger charge is -2.14. The molecule has 0 radical (unpaired) electrons. The number of hydrazone groups is 1. The number of nitrogens with one attached hydrogen (secondary N) is 3. The fourth-order valence-corrected chi connectivity index (χ4v) is 2.77. The van der Waals surface area contributed by atoms with E-state index in [2.05, 4.69) is 21.2 Å². The van der Waals surface area contributed by atoms with Crippen molar-refractivity contribution >= 4 is 29.6 Å². The predicted molar refractivity (Wildman–Crippen MR) is 128 cm³/mol. The molecule has 0 bridgehead atoms. The zero-order valence-electron chi connectivity index (χ0n) is 19.8. The molecular weight excluding hydrogens is 440 g/mol. The first-order valence-corrected chi connectivity index (χ1v) is 10.7. The fourth-order valence-electron chi connectivity index (χ4n) is 2.77. The Morgan fingerprint density at radius 2 is 1.82 bits per heavy atom. The molecular formula is C24H30N4O6. The second-order valence-electron chi connectivity index (χ2n) is 7.17. The van der Waals surface area contributed by atoms with Gasteiger partial charge in [0.05, 0.1) is 19.4 Å². The van der Waals surface area contributed by atoms with Gasteiger partial charge < -0.3 is 24.8 Å². The summed E-state index contributed by atoms with van der Waals surface area (Å²) in [6.45, 7) is 6.43. The molecule has 0 unspecified atom stereocenters. The van der Waals surface area contributed by atoms with Crippen molar-refractivity contribution in [3.63, 3.8) is 0 Å². The number of hydrogen-bond donors (Lipinski definition) is 3. The number of hydrogen-bond acceptors (Lipinski definition) is 7. The van der Waals surface area contributed by atoms with Crippen molar-refractivity contribution in [3.8, 4) is 11.5 Å². The average Bonchev–Trinajstić information content (AvgIpc) is 2.81. The lowest BCUT2D eigenvalue weighted by molar-refractivity contribution is -0.139. The number of benzene rings is 2. The van der Waals surface area contributed by atoms with Gasteiger partial charge in [0, 0.05) is 19.3 Å². The summed E-state index contributed by atoms with van der Waals surface area (Å²) < 4.78 is 16.1. The van der Waals surface area contributed by atoms with E-state index in [0.29, 0.717) is 30.3 Å². The minimum atomic E-state index is -0.896. The Morgan fingerprint density at radius 3 is 2.56 bits per heavy atom. The van der Waals surface area contributed by atoms with Gasteiger partial charge in [-0.3, -0.25) is 14.4 Å². The Balaban J connectivity index is 1.95. The molecule has 10 heteroatoms. The molecule has 2 aromatic rings. The molecule has 3 N–H and O–H groups in total. The van der Waals surface area contributed by atoms with Crippen LogP contribution in [0.4, 0.5) is 5.69 Å². The molecule has 0 saturated heterocycles. The molecule has 3 amide bonds. The maximum atomic E-state index is 12.4. The van der Waals surface area contributed by atoms with Crippen LogP contribution in [0.25, 0.3) is 0 Å². The lowest BCUT2D eigenvalue weighted by atomic mass is 10.1.